The van der Waals surface area contributed by atoms with Crippen molar-refractivity contribution in [2.45, 2.75) is 32.7 Å². The second-order valence-electron chi connectivity index (χ2n) is 7.09. The van der Waals surface area contributed by atoms with Crippen LogP contribution in [0, 0.1) is 13.8 Å². The highest BCUT2D eigenvalue weighted by Gasteiger charge is 2.26. The van der Waals surface area contributed by atoms with E-state index < -0.39 is 0 Å². The van der Waals surface area contributed by atoms with Crippen LogP contribution in [0.1, 0.15) is 34.5 Å². The van der Waals surface area contributed by atoms with Gasteiger partial charge in [0.25, 0.3) is 5.91 Å². The van der Waals surface area contributed by atoms with E-state index in [4.69, 9.17) is 9.84 Å². The zero-order valence-electron chi connectivity index (χ0n) is 15.8. The molecule has 2 aromatic carbocycles. The summed E-state index contributed by atoms with van der Waals surface area (Å²) in [6.07, 6.45) is 2.10. The van der Waals surface area contributed by atoms with Crippen LogP contribution >= 0.6 is 0 Å². The first-order chi connectivity index (χ1) is 13.0. The molecule has 0 saturated heterocycles. The molecule has 1 N–H and O–H groups in total. The number of aryl methyl sites for hydroxylation is 2. The molecule has 3 aromatic rings. The van der Waals surface area contributed by atoms with Crippen LogP contribution in [0.15, 0.2) is 48.5 Å². The lowest BCUT2D eigenvalue weighted by Crippen LogP contribution is -2.27. The third-order valence-electron chi connectivity index (χ3n) is 4.83. The number of hydrogen-bond acceptors (Lipinski definition) is 3. The zero-order chi connectivity index (χ0) is 19.0. The predicted molar refractivity (Wildman–Crippen MR) is 106 cm³/mol. The van der Waals surface area contributed by atoms with Gasteiger partial charge < -0.3 is 10.1 Å². The average Bonchev–Trinajstić information content (AvgIpc) is 3.38. The van der Waals surface area contributed by atoms with Crippen LogP contribution < -0.4 is 10.1 Å². The van der Waals surface area contributed by atoms with Gasteiger partial charge in [-0.05, 0) is 74.2 Å². The van der Waals surface area contributed by atoms with Crippen molar-refractivity contribution in [1.29, 1.82) is 0 Å². The molecule has 1 aromatic heterocycles. The minimum atomic E-state index is -0.0781. The molecule has 0 atom stereocenters. The fourth-order valence-electron chi connectivity index (χ4n) is 3.06. The van der Waals surface area contributed by atoms with Gasteiger partial charge in [0.05, 0.1) is 18.5 Å². The summed E-state index contributed by atoms with van der Waals surface area (Å²) in [5.74, 6) is 0.713. The molecule has 0 bridgehead atoms. The Bertz CT molecular complexity index is 985. The molecule has 1 amide bonds. The van der Waals surface area contributed by atoms with Gasteiger partial charge in [0, 0.05) is 11.6 Å². The smallest absolute Gasteiger partial charge is 0.270 e. The van der Waals surface area contributed by atoms with Crippen LogP contribution in [0.25, 0.3) is 16.9 Å². The summed E-state index contributed by atoms with van der Waals surface area (Å²) in [5.41, 5.74) is 5.40. The average molecular weight is 361 g/mol. The first kappa shape index (κ1) is 17.3. The fourth-order valence-corrected chi connectivity index (χ4v) is 3.06. The second kappa shape index (κ2) is 6.91. The molecular formula is C22H23N3O2. The number of carbonyl (C=O) groups excluding carboxylic acids is 1. The molecule has 0 radical (unpaired) electrons. The SMILES string of the molecule is COc1ccc(-c2cc(C(=O)NC3CC3)n(-c3cc(C)ccc3C)n2)cc1. The van der Waals surface area contributed by atoms with Gasteiger partial charge in [-0.1, -0.05) is 12.1 Å². The lowest BCUT2D eigenvalue weighted by Gasteiger charge is -2.11. The van der Waals surface area contributed by atoms with Crippen molar-refractivity contribution in [3.8, 4) is 22.7 Å². The van der Waals surface area contributed by atoms with E-state index in [-0.39, 0.29) is 5.91 Å². The van der Waals surface area contributed by atoms with Crippen LogP contribution in [0.5, 0.6) is 5.75 Å². The van der Waals surface area contributed by atoms with Crippen molar-refractivity contribution >= 4 is 5.91 Å². The van der Waals surface area contributed by atoms with Gasteiger partial charge in [-0.3, -0.25) is 4.79 Å². The highest BCUT2D eigenvalue weighted by Crippen LogP contribution is 2.26. The molecule has 27 heavy (non-hydrogen) atoms. The number of aromatic nitrogens is 2. The standard InChI is InChI=1S/C22H23N3O2/c1-14-4-5-15(2)20(12-14)25-21(22(26)23-17-8-9-17)13-19(24-25)16-6-10-18(27-3)11-7-16/h4-7,10-13,17H,8-9H2,1-3H3,(H,23,26). The van der Waals surface area contributed by atoms with Gasteiger partial charge in [0.1, 0.15) is 11.4 Å². The van der Waals surface area contributed by atoms with Crippen molar-refractivity contribution in [2.24, 2.45) is 0 Å². The number of carbonyl (C=O) groups is 1. The van der Waals surface area contributed by atoms with Crippen LogP contribution in [0.2, 0.25) is 0 Å². The van der Waals surface area contributed by atoms with Crippen LogP contribution in [0.4, 0.5) is 0 Å². The molecule has 138 valence electrons. The highest BCUT2D eigenvalue weighted by molar-refractivity contribution is 5.94. The Hall–Kier alpha value is -3.08. The molecule has 5 heteroatoms. The Balaban J connectivity index is 1.80. The Labute approximate surface area is 159 Å². The van der Waals surface area contributed by atoms with Crippen molar-refractivity contribution in [3.63, 3.8) is 0 Å². The van der Waals surface area contributed by atoms with Gasteiger partial charge in [0.15, 0.2) is 0 Å². The first-order valence-corrected chi connectivity index (χ1v) is 9.18. The predicted octanol–water partition coefficient (Wildman–Crippen LogP) is 4.06. The molecule has 1 saturated carbocycles. The van der Waals surface area contributed by atoms with Crippen molar-refractivity contribution in [2.75, 3.05) is 7.11 Å². The van der Waals surface area contributed by atoms with Gasteiger partial charge in [-0.2, -0.15) is 5.10 Å². The number of ether oxygens (including phenoxy) is 1. The van der Waals surface area contributed by atoms with Gasteiger partial charge in [0.2, 0.25) is 0 Å². The molecule has 1 aliphatic rings. The van der Waals surface area contributed by atoms with Crippen LogP contribution in [0.3, 0.4) is 0 Å². The van der Waals surface area contributed by atoms with Gasteiger partial charge in [-0.15, -0.1) is 0 Å². The Morgan fingerprint density at radius 2 is 1.85 bits per heavy atom. The summed E-state index contributed by atoms with van der Waals surface area (Å²) in [5, 5.41) is 7.85. The van der Waals surface area contributed by atoms with E-state index >= 15 is 0 Å². The number of rotatable bonds is 5. The van der Waals surface area contributed by atoms with Gasteiger partial charge >= 0.3 is 0 Å². The summed E-state index contributed by atoms with van der Waals surface area (Å²) >= 11 is 0. The van der Waals surface area contributed by atoms with Crippen molar-refractivity contribution < 1.29 is 9.53 Å². The third-order valence-corrected chi connectivity index (χ3v) is 4.83. The maximum absolute atomic E-state index is 12.8. The molecule has 0 unspecified atom stereocenters. The Kier molecular flexibility index (Phi) is 4.44. The summed E-state index contributed by atoms with van der Waals surface area (Å²) in [4.78, 5) is 12.8. The quantitative estimate of drug-likeness (QED) is 0.746. The van der Waals surface area contributed by atoms with E-state index in [2.05, 4.69) is 23.5 Å². The molecule has 1 fully saturated rings. The zero-order valence-corrected chi connectivity index (χ0v) is 15.8. The van der Waals surface area contributed by atoms with E-state index in [0.29, 0.717) is 11.7 Å². The van der Waals surface area contributed by atoms with E-state index in [0.717, 1.165) is 46.7 Å². The normalized spacial score (nSPS) is 13.4. The minimum Gasteiger partial charge on any atom is -0.497 e. The number of methoxy groups -OCH3 is 1. The molecule has 0 aliphatic heterocycles. The van der Waals surface area contributed by atoms with E-state index in [1.165, 1.54) is 0 Å². The van der Waals surface area contributed by atoms with E-state index in [9.17, 15) is 4.79 Å². The monoisotopic (exact) mass is 361 g/mol. The van der Waals surface area contributed by atoms with E-state index in [1.54, 1.807) is 11.8 Å². The molecule has 0 spiro atoms. The number of hydrogen-bond donors (Lipinski definition) is 1. The molecule has 4 rings (SSSR count). The lowest BCUT2D eigenvalue weighted by atomic mass is 10.1. The molecular weight excluding hydrogens is 338 g/mol. The molecule has 1 aliphatic carbocycles. The number of nitrogens with zero attached hydrogens (tertiary/aromatic N) is 2. The summed E-state index contributed by atoms with van der Waals surface area (Å²) in [6.45, 7) is 4.08. The summed E-state index contributed by atoms with van der Waals surface area (Å²) < 4.78 is 6.99. The molecule has 1 heterocycles. The minimum absolute atomic E-state index is 0.0781. The molecule has 5 nitrogen and oxygen atoms in total. The number of benzene rings is 2. The van der Waals surface area contributed by atoms with Crippen molar-refractivity contribution in [3.05, 3.63) is 65.4 Å². The Morgan fingerprint density at radius 1 is 1.11 bits per heavy atom. The Morgan fingerprint density at radius 3 is 2.52 bits per heavy atom. The van der Waals surface area contributed by atoms with Crippen LogP contribution in [-0.4, -0.2) is 28.8 Å². The first-order valence-electron chi connectivity index (χ1n) is 9.18. The fraction of sp³-hybridized carbons (Fsp3) is 0.273. The van der Waals surface area contributed by atoms with Crippen LogP contribution in [-0.2, 0) is 0 Å². The maximum Gasteiger partial charge on any atom is 0.270 e. The van der Waals surface area contributed by atoms with Crippen molar-refractivity contribution in [1.82, 2.24) is 15.1 Å². The number of nitrogens with one attached hydrogen (secondary N) is 1. The highest BCUT2D eigenvalue weighted by atomic mass is 16.5. The lowest BCUT2D eigenvalue weighted by molar-refractivity contribution is 0.0943. The van der Waals surface area contributed by atoms with E-state index in [1.807, 2.05) is 44.2 Å². The summed E-state index contributed by atoms with van der Waals surface area (Å²) in [7, 11) is 1.64. The van der Waals surface area contributed by atoms with Gasteiger partial charge in [-0.25, -0.2) is 4.68 Å². The topological polar surface area (TPSA) is 56.1 Å². The number of amides is 1. The largest absolute Gasteiger partial charge is 0.497 e. The second-order valence-corrected chi connectivity index (χ2v) is 7.09. The summed E-state index contributed by atoms with van der Waals surface area (Å²) in [6, 6.07) is 16.1. The maximum atomic E-state index is 12.8. The third kappa shape index (κ3) is 3.58.